The molecule has 0 atom stereocenters. The number of aromatic nitrogens is 1. The van der Waals surface area contributed by atoms with Crippen LogP contribution in [0.25, 0.3) is 0 Å². The van der Waals surface area contributed by atoms with Crippen molar-refractivity contribution in [1.82, 2.24) is 4.98 Å². The van der Waals surface area contributed by atoms with Crippen molar-refractivity contribution in [2.75, 3.05) is 7.11 Å². The predicted molar refractivity (Wildman–Crippen MR) is 51.1 cm³/mol. The number of alkyl halides is 3. The van der Waals surface area contributed by atoms with Gasteiger partial charge in [0.15, 0.2) is 5.75 Å². The SMILES string of the molecule is COc1cc(OC(F)(F)F)c(C(=O)O)nc1[N+](=O)[O-]. The molecule has 0 aromatic carbocycles. The Kier molecular flexibility index (Phi) is 3.77. The standard InChI is InChI=1S/C8H5F3N2O6/c1-18-4-2-3(19-8(9,10)11)5(7(14)15)12-6(4)13(16)17/h2H,1H3,(H,14,15). The lowest BCUT2D eigenvalue weighted by Crippen LogP contribution is -2.20. The summed E-state index contributed by atoms with van der Waals surface area (Å²) in [6.45, 7) is 0. The number of hydrogen-bond acceptors (Lipinski definition) is 6. The first-order valence-corrected chi connectivity index (χ1v) is 4.38. The second kappa shape index (κ2) is 4.96. The largest absolute Gasteiger partial charge is 0.573 e. The number of carbonyl (C=O) groups is 1. The van der Waals surface area contributed by atoms with E-state index in [4.69, 9.17) is 5.11 Å². The van der Waals surface area contributed by atoms with E-state index in [0.29, 0.717) is 6.07 Å². The smallest absolute Gasteiger partial charge is 0.489 e. The van der Waals surface area contributed by atoms with Crippen LogP contribution < -0.4 is 9.47 Å². The van der Waals surface area contributed by atoms with E-state index >= 15 is 0 Å². The summed E-state index contributed by atoms with van der Waals surface area (Å²) in [5.41, 5.74) is -1.25. The van der Waals surface area contributed by atoms with Crippen molar-refractivity contribution in [2.45, 2.75) is 6.36 Å². The van der Waals surface area contributed by atoms with E-state index in [-0.39, 0.29) is 0 Å². The van der Waals surface area contributed by atoms with Crippen molar-refractivity contribution in [1.29, 1.82) is 0 Å². The van der Waals surface area contributed by atoms with Crippen molar-refractivity contribution < 1.29 is 37.5 Å². The molecule has 1 heterocycles. The maximum atomic E-state index is 12.1. The van der Waals surface area contributed by atoms with Crippen LogP contribution >= 0.6 is 0 Å². The van der Waals surface area contributed by atoms with E-state index in [2.05, 4.69) is 14.5 Å². The molecule has 19 heavy (non-hydrogen) atoms. The molecule has 1 N–H and O–H groups in total. The average Bonchev–Trinajstić information content (AvgIpc) is 2.25. The summed E-state index contributed by atoms with van der Waals surface area (Å²) in [5, 5.41) is 19.2. The molecule has 1 rings (SSSR count). The number of nitro groups is 1. The van der Waals surface area contributed by atoms with Gasteiger partial charge in [0.25, 0.3) is 0 Å². The number of carboxylic acid groups (broad SMARTS) is 1. The van der Waals surface area contributed by atoms with Gasteiger partial charge in [0.2, 0.25) is 5.75 Å². The quantitative estimate of drug-likeness (QED) is 0.659. The van der Waals surface area contributed by atoms with Gasteiger partial charge in [-0.1, -0.05) is 0 Å². The Hall–Kier alpha value is -2.59. The molecule has 0 radical (unpaired) electrons. The van der Waals surface area contributed by atoms with Gasteiger partial charge in [0, 0.05) is 6.07 Å². The average molecular weight is 282 g/mol. The Balaban J connectivity index is 3.45. The van der Waals surface area contributed by atoms with Crippen LogP contribution in [0.1, 0.15) is 10.5 Å². The number of hydrogen-bond donors (Lipinski definition) is 1. The first-order chi connectivity index (χ1) is 8.65. The zero-order chi connectivity index (χ0) is 14.8. The van der Waals surface area contributed by atoms with Crippen LogP contribution in [-0.4, -0.2) is 34.5 Å². The molecule has 11 heteroatoms. The fraction of sp³-hybridized carbons (Fsp3) is 0.250. The van der Waals surface area contributed by atoms with Gasteiger partial charge in [-0.3, -0.25) is 0 Å². The number of aromatic carboxylic acids is 1. The molecule has 0 aliphatic carbocycles. The van der Waals surface area contributed by atoms with Gasteiger partial charge in [0.1, 0.15) is 0 Å². The normalized spacial score (nSPS) is 10.9. The molecule has 0 aliphatic heterocycles. The first kappa shape index (κ1) is 14.5. The van der Waals surface area contributed by atoms with E-state index in [1.165, 1.54) is 0 Å². The van der Waals surface area contributed by atoms with Gasteiger partial charge in [-0.15, -0.1) is 13.2 Å². The molecule has 104 valence electrons. The summed E-state index contributed by atoms with van der Waals surface area (Å²) in [6, 6.07) is 0.433. The molecule has 0 aliphatic rings. The van der Waals surface area contributed by atoms with E-state index in [1.807, 2.05) is 0 Å². The molecule has 8 nitrogen and oxygen atoms in total. The highest BCUT2D eigenvalue weighted by atomic mass is 19.4. The molecule has 0 saturated heterocycles. The third-order valence-corrected chi connectivity index (χ3v) is 1.75. The topological polar surface area (TPSA) is 112 Å². The van der Waals surface area contributed by atoms with Crippen LogP contribution in [0.5, 0.6) is 11.5 Å². The Bertz CT molecular complexity index is 530. The fourth-order valence-corrected chi connectivity index (χ4v) is 1.10. The van der Waals surface area contributed by atoms with E-state index in [9.17, 15) is 28.1 Å². The van der Waals surface area contributed by atoms with Crippen LogP contribution in [0.3, 0.4) is 0 Å². The number of carboxylic acids is 1. The van der Waals surface area contributed by atoms with Crippen LogP contribution in [0.4, 0.5) is 19.0 Å². The van der Waals surface area contributed by atoms with Gasteiger partial charge >= 0.3 is 23.8 Å². The molecular formula is C8H5F3N2O6. The van der Waals surface area contributed by atoms with E-state index in [0.717, 1.165) is 7.11 Å². The van der Waals surface area contributed by atoms with Gasteiger partial charge in [-0.25, -0.2) is 4.79 Å². The minimum absolute atomic E-state index is 0.433. The van der Waals surface area contributed by atoms with Crippen LogP contribution in [0.15, 0.2) is 6.07 Å². The summed E-state index contributed by atoms with van der Waals surface area (Å²) in [6.07, 6.45) is -5.17. The molecule has 0 bridgehead atoms. The lowest BCUT2D eigenvalue weighted by Gasteiger charge is -2.10. The number of ether oxygens (including phenoxy) is 2. The molecule has 0 unspecified atom stereocenters. The zero-order valence-corrected chi connectivity index (χ0v) is 9.09. The van der Waals surface area contributed by atoms with Crippen LogP contribution in [-0.2, 0) is 0 Å². The Morgan fingerprint density at radius 1 is 1.47 bits per heavy atom. The highest BCUT2D eigenvalue weighted by molar-refractivity contribution is 5.89. The van der Waals surface area contributed by atoms with Crippen molar-refractivity contribution in [3.8, 4) is 11.5 Å². The number of pyridine rings is 1. The fourth-order valence-electron chi connectivity index (χ4n) is 1.10. The van der Waals surface area contributed by atoms with Gasteiger partial charge < -0.3 is 24.7 Å². The maximum absolute atomic E-state index is 12.1. The van der Waals surface area contributed by atoms with E-state index in [1.54, 1.807) is 0 Å². The van der Waals surface area contributed by atoms with Crippen molar-refractivity contribution in [3.05, 3.63) is 21.9 Å². The lowest BCUT2D eigenvalue weighted by molar-refractivity contribution is -0.390. The summed E-state index contributed by atoms with van der Waals surface area (Å²) >= 11 is 0. The Labute approximate surface area is 102 Å². The summed E-state index contributed by atoms with van der Waals surface area (Å²) in [5.74, 6) is -4.81. The maximum Gasteiger partial charge on any atom is 0.573 e. The third-order valence-electron chi connectivity index (χ3n) is 1.75. The summed E-state index contributed by atoms with van der Waals surface area (Å²) < 4.78 is 44.1. The lowest BCUT2D eigenvalue weighted by atomic mass is 10.3. The molecule has 1 aromatic heterocycles. The second-order valence-corrected chi connectivity index (χ2v) is 2.97. The van der Waals surface area contributed by atoms with Gasteiger partial charge in [-0.2, -0.15) is 0 Å². The van der Waals surface area contributed by atoms with Crippen molar-refractivity contribution in [2.24, 2.45) is 0 Å². The first-order valence-electron chi connectivity index (χ1n) is 4.38. The van der Waals surface area contributed by atoms with Crippen LogP contribution in [0.2, 0.25) is 0 Å². The van der Waals surface area contributed by atoms with Crippen molar-refractivity contribution in [3.63, 3.8) is 0 Å². The van der Waals surface area contributed by atoms with Gasteiger partial charge in [-0.05, 0) is 9.91 Å². The highest BCUT2D eigenvalue weighted by Crippen LogP contribution is 2.34. The summed E-state index contributed by atoms with van der Waals surface area (Å²) in [7, 11) is 0.946. The molecule has 0 saturated carbocycles. The minimum atomic E-state index is -5.17. The molecule has 0 fully saturated rings. The monoisotopic (exact) mass is 282 g/mol. The van der Waals surface area contributed by atoms with Crippen LogP contribution in [0, 0.1) is 10.1 Å². The molecule has 0 spiro atoms. The van der Waals surface area contributed by atoms with E-state index < -0.39 is 40.3 Å². The van der Waals surface area contributed by atoms with Crippen molar-refractivity contribution >= 4 is 11.8 Å². The number of halogens is 3. The molecular weight excluding hydrogens is 277 g/mol. The molecule has 0 amide bonds. The zero-order valence-electron chi connectivity index (χ0n) is 9.09. The Morgan fingerprint density at radius 2 is 2.05 bits per heavy atom. The minimum Gasteiger partial charge on any atom is -0.489 e. The summed E-state index contributed by atoms with van der Waals surface area (Å²) in [4.78, 5) is 23.2. The Morgan fingerprint density at radius 3 is 2.42 bits per heavy atom. The van der Waals surface area contributed by atoms with Gasteiger partial charge in [0.05, 0.1) is 7.11 Å². The molecule has 1 aromatic rings. The highest BCUT2D eigenvalue weighted by Gasteiger charge is 2.37. The third kappa shape index (κ3) is 3.43. The predicted octanol–water partition coefficient (Wildman–Crippen LogP) is 1.60. The second-order valence-electron chi connectivity index (χ2n) is 2.97. The number of nitrogens with zero attached hydrogens (tertiary/aromatic N) is 2. The number of methoxy groups -OCH3 is 1. The number of rotatable bonds is 4.